The van der Waals surface area contributed by atoms with Gasteiger partial charge in [-0.3, -0.25) is 19.6 Å². The van der Waals surface area contributed by atoms with Gasteiger partial charge in [-0.2, -0.15) is 0 Å². The lowest BCUT2D eigenvalue weighted by atomic mass is 10.0. The molecule has 0 saturated carbocycles. The number of aliphatic carboxylic acids is 1. The maximum absolute atomic E-state index is 14.1. The average molecular weight is 373 g/mol. The first-order chi connectivity index (χ1) is 13.1. The number of carboxylic acid groups (broad SMARTS) is 1. The number of halogens is 1. The molecule has 6 nitrogen and oxygen atoms in total. The van der Waals surface area contributed by atoms with Crippen LogP contribution in [0, 0.1) is 5.82 Å². The molecule has 0 aliphatic carbocycles. The summed E-state index contributed by atoms with van der Waals surface area (Å²) in [5, 5.41) is 9.77. The summed E-state index contributed by atoms with van der Waals surface area (Å²) in [5.41, 5.74) is 1.62. The summed E-state index contributed by atoms with van der Waals surface area (Å²) in [4.78, 5) is 20.2. The van der Waals surface area contributed by atoms with E-state index in [1.807, 2.05) is 17.0 Å². The van der Waals surface area contributed by atoms with Crippen molar-refractivity contribution in [2.75, 3.05) is 33.3 Å². The Morgan fingerprint density at radius 2 is 2.00 bits per heavy atom. The molecule has 144 valence electrons. The first-order valence-corrected chi connectivity index (χ1v) is 9.00. The van der Waals surface area contributed by atoms with Crippen LogP contribution >= 0.6 is 0 Å². The van der Waals surface area contributed by atoms with Crippen LogP contribution in [0.25, 0.3) is 0 Å². The molecular formula is C20H24FN3O3. The van der Waals surface area contributed by atoms with Gasteiger partial charge in [-0.05, 0) is 48.4 Å². The standard InChI is InChI=1S/C20H24FN3O3/c1-27-18-4-3-16(13-17(18)21)19(20(25)26)24-10-2-9-23(11-12-24)14-15-5-7-22-8-6-15/h3-8,13,19H,2,9-12,14H2,1H3,(H,25,26). The van der Waals surface area contributed by atoms with Gasteiger partial charge >= 0.3 is 5.97 Å². The second-order valence-electron chi connectivity index (χ2n) is 6.66. The fourth-order valence-corrected chi connectivity index (χ4v) is 3.52. The number of methoxy groups -OCH3 is 1. The highest BCUT2D eigenvalue weighted by Gasteiger charge is 2.29. The molecule has 0 amide bonds. The summed E-state index contributed by atoms with van der Waals surface area (Å²) in [6.45, 7) is 3.71. The molecule has 1 aromatic carbocycles. The minimum Gasteiger partial charge on any atom is -0.494 e. The van der Waals surface area contributed by atoms with Crippen LogP contribution in [0.3, 0.4) is 0 Å². The molecule has 1 unspecified atom stereocenters. The van der Waals surface area contributed by atoms with Crippen molar-refractivity contribution in [3.05, 3.63) is 59.7 Å². The Morgan fingerprint density at radius 1 is 1.22 bits per heavy atom. The van der Waals surface area contributed by atoms with Crippen LogP contribution < -0.4 is 4.74 Å². The van der Waals surface area contributed by atoms with Crippen LogP contribution in [0.4, 0.5) is 4.39 Å². The zero-order valence-corrected chi connectivity index (χ0v) is 15.3. The zero-order valence-electron chi connectivity index (χ0n) is 15.3. The Kier molecular flexibility index (Phi) is 6.36. The molecule has 1 N–H and O–H groups in total. The molecule has 1 aliphatic rings. The van der Waals surface area contributed by atoms with E-state index in [2.05, 4.69) is 9.88 Å². The number of hydrogen-bond donors (Lipinski definition) is 1. The molecule has 1 aromatic heterocycles. The van der Waals surface area contributed by atoms with E-state index in [0.29, 0.717) is 18.7 Å². The van der Waals surface area contributed by atoms with Gasteiger partial charge in [-0.15, -0.1) is 0 Å². The van der Waals surface area contributed by atoms with E-state index in [4.69, 9.17) is 4.74 Å². The Labute approximate surface area is 158 Å². The smallest absolute Gasteiger partial charge is 0.325 e. The van der Waals surface area contributed by atoms with Crippen molar-refractivity contribution in [2.45, 2.75) is 19.0 Å². The number of benzene rings is 1. The van der Waals surface area contributed by atoms with E-state index in [9.17, 15) is 14.3 Å². The summed E-state index contributed by atoms with van der Waals surface area (Å²) in [6, 6.07) is 7.48. The number of aromatic nitrogens is 1. The van der Waals surface area contributed by atoms with E-state index in [0.717, 1.165) is 26.1 Å². The van der Waals surface area contributed by atoms with E-state index in [-0.39, 0.29) is 5.75 Å². The van der Waals surface area contributed by atoms with E-state index < -0.39 is 17.8 Å². The molecule has 1 atom stereocenters. The quantitative estimate of drug-likeness (QED) is 0.840. The number of rotatable bonds is 6. The Bertz CT molecular complexity index is 772. The highest BCUT2D eigenvalue weighted by atomic mass is 19.1. The van der Waals surface area contributed by atoms with Gasteiger partial charge in [0, 0.05) is 38.6 Å². The van der Waals surface area contributed by atoms with E-state index >= 15 is 0 Å². The summed E-state index contributed by atoms with van der Waals surface area (Å²) >= 11 is 0. The largest absolute Gasteiger partial charge is 0.494 e. The molecule has 3 rings (SSSR count). The average Bonchev–Trinajstić information content (AvgIpc) is 2.88. The second-order valence-corrected chi connectivity index (χ2v) is 6.66. The van der Waals surface area contributed by atoms with Crippen LogP contribution in [-0.2, 0) is 11.3 Å². The van der Waals surface area contributed by atoms with Gasteiger partial charge in [-0.25, -0.2) is 4.39 Å². The van der Waals surface area contributed by atoms with Crippen molar-refractivity contribution < 1.29 is 19.0 Å². The molecule has 2 aromatic rings. The molecule has 2 heterocycles. The number of pyridine rings is 1. The zero-order chi connectivity index (χ0) is 19.2. The van der Waals surface area contributed by atoms with Crippen LogP contribution in [0.5, 0.6) is 5.75 Å². The van der Waals surface area contributed by atoms with Crippen molar-refractivity contribution >= 4 is 5.97 Å². The topological polar surface area (TPSA) is 65.9 Å². The lowest BCUT2D eigenvalue weighted by Crippen LogP contribution is -2.37. The monoisotopic (exact) mass is 373 g/mol. The first kappa shape index (κ1) is 19.3. The van der Waals surface area contributed by atoms with Gasteiger partial charge in [0.1, 0.15) is 6.04 Å². The number of carboxylic acids is 1. The molecule has 0 radical (unpaired) electrons. The predicted molar refractivity (Wildman–Crippen MR) is 99.0 cm³/mol. The minimum atomic E-state index is -0.970. The Hall–Kier alpha value is -2.51. The van der Waals surface area contributed by atoms with Crippen LogP contribution in [-0.4, -0.2) is 59.1 Å². The molecule has 7 heteroatoms. The molecule has 1 fully saturated rings. The fraction of sp³-hybridized carbons (Fsp3) is 0.400. The minimum absolute atomic E-state index is 0.113. The molecule has 27 heavy (non-hydrogen) atoms. The Morgan fingerprint density at radius 3 is 2.67 bits per heavy atom. The highest BCUT2D eigenvalue weighted by Crippen LogP contribution is 2.27. The predicted octanol–water partition coefficient (Wildman–Crippen LogP) is 2.56. The van der Waals surface area contributed by atoms with Crippen molar-refractivity contribution in [3.63, 3.8) is 0 Å². The highest BCUT2D eigenvalue weighted by molar-refractivity contribution is 5.75. The second kappa shape index (κ2) is 8.92. The molecular weight excluding hydrogens is 349 g/mol. The van der Waals surface area contributed by atoms with Crippen LogP contribution in [0.15, 0.2) is 42.7 Å². The maximum Gasteiger partial charge on any atom is 0.325 e. The summed E-state index contributed by atoms with van der Waals surface area (Å²) in [6.07, 6.45) is 4.41. The third kappa shape index (κ3) is 4.81. The third-order valence-electron chi connectivity index (χ3n) is 4.87. The van der Waals surface area contributed by atoms with Gasteiger partial charge in [0.05, 0.1) is 7.11 Å². The summed E-state index contributed by atoms with van der Waals surface area (Å²) in [7, 11) is 1.39. The SMILES string of the molecule is COc1ccc(C(C(=O)O)N2CCCN(Cc3ccncc3)CC2)cc1F. The summed E-state index contributed by atoms with van der Waals surface area (Å²) in [5.74, 6) is -1.40. The van der Waals surface area contributed by atoms with Gasteiger partial charge < -0.3 is 9.84 Å². The normalized spacial score (nSPS) is 17.3. The third-order valence-corrected chi connectivity index (χ3v) is 4.87. The lowest BCUT2D eigenvalue weighted by molar-refractivity contribution is -0.143. The Balaban J connectivity index is 1.71. The molecule has 0 bridgehead atoms. The van der Waals surface area contributed by atoms with Crippen molar-refractivity contribution in [1.29, 1.82) is 0 Å². The maximum atomic E-state index is 14.1. The van der Waals surface area contributed by atoms with Crippen LogP contribution in [0.1, 0.15) is 23.6 Å². The number of carbonyl (C=O) groups is 1. The van der Waals surface area contributed by atoms with Gasteiger partial charge in [0.15, 0.2) is 11.6 Å². The van der Waals surface area contributed by atoms with E-state index in [1.165, 1.54) is 24.8 Å². The van der Waals surface area contributed by atoms with Crippen molar-refractivity contribution in [1.82, 2.24) is 14.8 Å². The summed E-state index contributed by atoms with van der Waals surface area (Å²) < 4.78 is 19.0. The van der Waals surface area contributed by atoms with Gasteiger partial charge in [0.2, 0.25) is 0 Å². The van der Waals surface area contributed by atoms with E-state index in [1.54, 1.807) is 18.5 Å². The molecule has 0 spiro atoms. The van der Waals surface area contributed by atoms with Crippen molar-refractivity contribution in [3.8, 4) is 5.75 Å². The number of nitrogens with zero attached hydrogens (tertiary/aromatic N) is 3. The molecule has 1 saturated heterocycles. The molecule has 1 aliphatic heterocycles. The fourth-order valence-electron chi connectivity index (χ4n) is 3.52. The van der Waals surface area contributed by atoms with Gasteiger partial charge in [-0.1, -0.05) is 6.07 Å². The number of hydrogen-bond acceptors (Lipinski definition) is 5. The first-order valence-electron chi connectivity index (χ1n) is 9.00. The van der Waals surface area contributed by atoms with Gasteiger partial charge in [0.25, 0.3) is 0 Å². The van der Waals surface area contributed by atoms with Crippen LogP contribution in [0.2, 0.25) is 0 Å². The lowest BCUT2D eigenvalue weighted by Gasteiger charge is -2.28. The number of ether oxygens (including phenoxy) is 1. The van der Waals surface area contributed by atoms with Crippen molar-refractivity contribution in [2.24, 2.45) is 0 Å².